The lowest BCUT2D eigenvalue weighted by atomic mass is 10.1. The van der Waals surface area contributed by atoms with Crippen LogP contribution in [-0.2, 0) is 4.74 Å². The van der Waals surface area contributed by atoms with Gasteiger partial charge in [-0.25, -0.2) is 0 Å². The zero-order valence-corrected chi connectivity index (χ0v) is 12.2. The van der Waals surface area contributed by atoms with Gasteiger partial charge in [0.2, 0.25) is 0 Å². The second kappa shape index (κ2) is 6.60. The Morgan fingerprint density at radius 1 is 1.53 bits per heavy atom. The third kappa shape index (κ3) is 4.20. The third-order valence-corrected chi connectivity index (χ3v) is 3.34. The van der Waals surface area contributed by atoms with Crippen molar-refractivity contribution in [2.75, 3.05) is 13.7 Å². The van der Waals surface area contributed by atoms with E-state index in [2.05, 4.69) is 38.5 Å². The molecule has 0 heterocycles. The Bertz CT molecular complexity index is 352. The predicted octanol–water partition coefficient (Wildman–Crippen LogP) is 3.66. The minimum absolute atomic E-state index is 0.164. The molecule has 82 valence electrons. The zero-order chi connectivity index (χ0) is 11.3. The summed E-state index contributed by atoms with van der Waals surface area (Å²) in [6.07, 6.45) is 1.31. The molecule has 0 saturated carbocycles. The van der Waals surface area contributed by atoms with Crippen LogP contribution in [0.25, 0.3) is 0 Å². The molecule has 0 fully saturated rings. The van der Waals surface area contributed by atoms with Crippen LogP contribution in [0, 0.1) is 3.57 Å². The van der Waals surface area contributed by atoms with Crippen molar-refractivity contribution in [2.45, 2.75) is 12.8 Å². The van der Waals surface area contributed by atoms with E-state index in [0.717, 1.165) is 20.0 Å². The van der Waals surface area contributed by atoms with Crippen LogP contribution in [0.4, 0.5) is 0 Å². The predicted molar refractivity (Wildman–Crippen MR) is 72.3 cm³/mol. The van der Waals surface area contributed by atoms with Gasteiger partial charge in [0.25, 0.3) is 0 Å². The average molecular weight is 383 g/mol. The number of hydrogen-bond donors (Lipinski definition) is 0. The van der Waals surface area contributed by atoms with E-state index in [1.54, 1.807) is 7.11 Å². The van der Waals surface area contributed by atoms with E-state index < -0.39 is 0 Å². The van der Waals surface area contributed by atoms with Gasteiger partial charge in [0.1, 0.15) is 0 Å². The van der Waals surface area contributed by atoms with E-state index in [9.17, 15) is 4.79 Å². The van der Waals surface area contributed by atoms with Gasteiger partial charge in [0, 0.05) is 33.7 Å². The Labute approximate surface area is 112 Å². The number of rotatable bonds is 5. The Morgan fingerprint density at radius 2 is 2.27 bits per heavy atom. The smallest absolute Gasteiger partial charge is 0.164 e. The van der Waals surface area contributed by atoms with Crippen LogP contribution >= 0.6 is 38.5 Å². The number of carbonyl (C=O) groups excluding carboxylic acids is 1. The molecular weight excluding hydrogens is 371 g/mol. The highest BCUT2D eigenvalue weighted by Crippen LogP contribution is 2.21. The quantitative estimate of drug-likeness (QED) is 0.441. The molecule has 0 radical (unpaired) electrons. The summed E-state index contributed by atoms with van der Waals surface area (Å²) in [5, 5.41) is 0. The normalized spacial score (nSPS) is 10.3. The van der Waals surface area contributed by atoms with Gasteiger partial charge in [-0.05, 0) is 47.2 Å². The SMILES string of the molecule is COCCCC(=O)c1cc(I)ccc1Br. The molecule has 0 spiro atoms. The molecule has 0 aliphatic heterocycles. The standard InChI is InChI=1S/C11H12BrIO2/c1-15-6-2-3-11(14)9-7-8(13)4-5-10(9)12/h4-5,7H,2-3,6H2,1H3. The topological polar surface area (TPSA) is 26.3 Å². The van der Waals surface area contributed by atoms with E-state index >= 15 is 0 Å². The van der Waals surface area contributed by atoms with Gasteiger partial charge in [-0.15, -0.1) is 0 Å². The fourth-order valence-corrected chi connectivity index (χ4v) is 2.18. The Morgan fingerprint density at radius 3 is 2.93 bits per heavy atom. The molecule has 1 aromatic carbocycles. The van der Waals surface area contributed by atoms with Gasteiger partial charge in [0.15, 0.2) is 5.78 Å². The van der Waals surface area contributed by atoms with Crippen molar-refractivity contribution >= 4 is 44.3 Å². The molecule has 0 saturated heterocycles. The molecule has 1 aromatic rings. The van der Waals surface area contributed by atoms with Crippen LogP contribution in [0.1, 0.15) is 23.2 Å². The van der Waals surface area contributed by atoms with Crippen LogP contribution in [0.3, 0.4) is 0 Å². The summed E-state index contributed by atoms with van der Waals surface area (Å²) in [4.78, 5) is 11.8. The lowest BCUT2D eigenvalue weighted by molar-refractivity contribution is 0.0962. The van der Waals surface area contributed by atoms with Gasteiger partial charge in [0.05, 0.1) is 0 Å². The number of ether oxygens (including phenoxy) is 1. The molecule has 0 aromatic heterocycles. The highest BCUT2D eigenvalue weighted by molar-refractivity contribution is 14.1. The van der Waals surface area contributed by atoms with Crippen molar-refractivity contribution in [3.05, 3.63) is 31.8 Å². The van der Waals surface area contributed by atoms with Gasteiger partial charge in [-0.1, -0.05) is 15.9 Å². The van der Waals surface area contributed by atoms with Crippen molar-refractivity contribution in [1.29, 1.82) is 0 Å². The number of carbonyl (C=O) groups is 1. The molecule has 0 bridgehead atoms. The van der Waals surface area contributed by atoms with Crippen molar-refractivity contribution in [2.24, 2.45) is 0 Å². The van der Waals surface area contributed by atoms with Gasteiger partial charge < -0.3 is 4.74 Å². The largest absolute Gasteiger partial charge is 0.385 e. The molecule has 0 amide bonds. The number of ketones is 1. The summed E-state index contributed by atoms with van der Waals surface area (Å²) < 4.78 is 6.86. The second-order valence-electron chi connectivity index (χ2n) is 3.14. The Balaban J connectivity index is 2.68. The minimum atomic E-state index is 0.164. The summed E-state index contributed by atoms with van der Waals surface area (Å²) in [5.41, 5.74) is 0.762. The molecule has 0 aliphatic carbocycles. The molecule has 0 unspecified atom stereocenters. The zero-order valence-electron chi connectivity index (χ0n) is 8.43. The van der Waals surface area contributed by atoms with Gasteiger partial charge in [-0.2, -0.15) is 0 Å². The summed E-state index contributed by atoms with van der Waals surface area (Å²) in [6.45, 7) is 0.632. The van der Waals surface area contributed by atoms with Crippen molar-refractivity contribution < 1.29 is 9.53 Å². The van der Waals surface area contributed by atoms with E-state index in [-0.39, 0.29) is 5.78 Å². The Kier molecular flexibility index (Phi) is 5.78. The summed E-state index contributed by atoms with van der Waals surface area (Å²) >= 11 is 5.59. The van der Waals surface area contributed by atoms with Gasteiger partial charge >= 0.3 is 0 Å². The number of hydrogen-bond acceptors (Lipinski definition) is 2. The second-order valence-corrected chi connectivity index (χ2v) is 5.24. The van der Waals surface area contributed by atoms with Gasteiger partial charge in [-0.3, -0.25) is 4.79 Å². The molecule has 0 atom stereocenters. The maximum atomic E-state index is 11.8. The van der Waals surface area contributed by atoms with Crippen LogP contribution < -0.4 is 0 Å². The highest BCUT2D eigenvalue weighted by atomic mass is 127. The molecule has 1 rings (SSSR count). The first-order valence-corrected chi connectivity index (χ1v) is 6.49. The number of Topliss-reactive ketones (excluding diaryl/α,β-unsaturated/α-hetero) is 1. The summed E-state index contributed by atoms with van der Waals surface area (Å²) in [6, 6.07) is 5.78. The number of halogens is 2. The number of benzene rings is 1. The van der Waals surface area contributed by atoms with E-state index in [4.69, 9.17) is 4.74 Å². The first kappa shape index (κ1) is 13.1. The fraction of sp³-hybridized carbons (Fsp3) is 0.364. The van der Waals surface area contributed by atoms with Crippen LogP contribution in [0.15, 0.2) is 22.7 Å². The van der Waals surface area contributed by atoms with Crippen LogP contribution in [-0.4, -0.2) is 19.5 Å². The first-order chi connectivity index (χ1) is 7.15. The molecule has 4 heteroatoms. The van der Waals surface area contributed by atoms with Crippen molar-refractivity contribution in [1.82, 2.24) is 0 Å². The lowest BCUT2D eigenvalue weighted by Crippen LogP contribution is -2.02. The molecule has 0 N–H and O–H groups in total. The number of methoxy groups -OCH3 is 1. The third-order valence-electron chi connectivity index (χ3n) is 1.98. The molecule has 0 aliphatic rings. The first-order valence-electron chi connectivity index (χ1n) is 4.62. The van der Waals surface area contributed by atoms with Crippen molar-refractivity contribution in [3.63, 3.8) is 0 Å². The lowest BCUT2D eigenvalue weighted by Gasteiger charge is -2.04. The van der Waals surface area contributed by atoms with Crippen LogP contribution in [0.5, 0.6) is 0 Å². The van der Waals surface area contributed by atoms with E-state index in [0.29, 0.717) is 13.0 Å². The van der Waals surface area contributed by atoms with E-state index in [1.807, 2.05) is 18.2 Å². The summed E-state index contributed by atoms with van der Waals surface area (Å²) in [7, 11) is 1.64. The summed E-state index contributed by atoms with van der Waals surface area (Å²) in [5.74, 6) is 0.164. The van der Waals surface area contributed by atoms with Crippen molar-refractivity contribution in [3.8, 4) is 0 Å². The molecular formula is C11H12BrIO2. The highest BCUT2D eigenvalue weighted by Gasteiger charge is 2.09. The maximum absolute atomic E-state index is 11.8. The van der Waals surface area contributed by atoms with Crippen LogP contribution in [0.2, 0.25) is 0 Å². The maximum Gasteiger partial charge on any atom is 0.164 e. The fourth-order valence-electron chi connectivity index (χ4n) is 1.22. The molecule has 2 nitrogen and oxygen atoms in total. The average Bonchev–Trinajstić information content (AvgIpc) is 2.22. The monoisotopic (exact) mass is 382 g/mol. The minimum Gasteiger partial charge on any atom is -0.385 e. The Hall–Kier alpha value is 0.0600. The molecule has 15 heavy (non-hydrogen) atoms. The van der Waals surface area contributed by atoms with E-state index in [1.165, 1.54) is 0 Å².